The molecule has 47 heavy (non-hydrogen) atoms. The summed E-state index contributed by atoms with van der Waals surface area (Å²) in [6, 6.07) is 61.6. The molecule has 1 aromatic heterocycles. The van der Waals surface area contributed by atoms with Crippen molar-refractivity contribution in [1.29, 1.82) is 0 Å². The molecule has 0 unspecified atom stereocenters. The average molecular weight is 597 g/mol. The van der Waals surface area contributed by atoms with Crippen LogP contribution in [0.3, 0.4) is 0 Å². The fourth-order valence-electron chi connectivity index (χ4n) is 7.66. The largest absolute Gasteiger partial charge is 0.456 e. The summed E-state index contributed by atoms with van der Waals surface area (Å²) in [5.74, 6) is 0. The Labute approximate surface area is 271 Å². The summed E-state index contributed by atoms with van der Waals surface area (Å²) in [5.41, 5.74) is 9.26. The van der Waals surface area contributed by atoms with E-state index in [1.165, 1.54) is 76.5 Å². The van der Waals surface area contributed by atoms with Crippen LogP contribution in [0.2, 0.25) is 0 Å². The number of rotatable bonds is 3. The van der Waals surface area contributed by atoms with Crippen LogP contribution in [0.5, 0.6) is 0 Å². The third-order valence-corrected chi connectivity index (χ3v) is 9.83. The van der Waals surface area contributed by atoms with Crippen molar-refractivity contribution in [1.82, 2.24) is 0 Å². The zero-order valence-electron chi connectivity index (χ0n) is 25.6. The van der Waals surface area contributed by atoms with Gasteiger partial charge in [-0.15, -0.1) is 0 Å². The highest BCUT2D eigenvalue weighted by Gasteiger charge is 2.18. The Hall–Kier alpha value is -6.18. The van der Waals surface area contributed by atoms with Gasteiger partial charge >= 0.3 is 0 Å². The first kappa shape index (κ1) is 26.1. The molecule has 1 nitrogen and oxygen atoms in total. The zero-order valence-corrected chi connectivity index (χ0v) is 25.6. The lowest BCUT2D eigenvalue weighted by atomic mass is 9.85. The summed E-state index contributed by atoms with van der Waals surface area (Å²) in [6.45, 7) is 0. The molecule has 10 aromatic rings. The lowest BCUT2D eigenvalue weighted by molar-refractivity contribution is 0.669. The van der Waals surface area contributed by atoms with Crippen molar-refractivity contribution in [2.24, 2.45) is 0 Å². The van der Waals surface area contributed by atoms with E-state index in [0.717, 1.165) is 21.9 Å². The fourth-order valence-corrected chi connectivity index (χ4v) is 7.66. The minimum absolute atomic E-state index is 0.913. The maximum Gasteiger partial charge on any atom is 0.136 e. The molecule has 0 aliphatic carbocycles. The Morgan fingerprint density at radius 3 is 1.45 bits per heavy atom. The van der Waals surface area contributed by atoms with E-state index in [0.29, 0.717) is 0 Å². The van der Waals surface area contributed by atoms with Gasteiger partial charge in [0.05, 0.1) is 0 Å². The van der Waals surface area contributed by atoms with Crippen molar-refractivity contribution < 1.29 is 4.42 Å². The van der Waals surface area contributed by atoms with Crippen LogP contribution in [0.25, 0.3) is 98.4 Å². The number of hydrogen-bond acceptors (Lipinski definition) is 1. The van der Waals surface area contributed by atoms with Crippen LogP contribution in [0.4, 0.5) is 0 Å². The predicted molar refractivity (Wildman–Crippen MR) is 200 cm³/mol. The predicted octanol–water partition coefficient (Wildman–Crippen LogP) is 13.2. The van der Waals surface area contributed by atoms with Crippen LogP contribution in [-0.2, 0) is 0 Å². The molecule has 0 saturated carbocycles. The Bertz CT molecular complexity index is 2770. The normalized spacial score (nSPS) is 11.8. The van der Waals surface area contributed by atoms with Crippen molar-refractivity contribution in [2.45, 2.75) is 0 Å². The molecule has 0 radical (unpaired) electrons. The summed E-state index contributed by atoms with van der Waals surface area (Å²) >= 11 is 0. The quantitative estimate of drug-likeness (QED) is 0.185. The summed E-state index contributed by atoms with van der Waals surface area (Å²) in [4.78, 5) is 0. The van der Waals surface area contributed by atoms with Crippen LogP contribution < -0.4 is 0 Å². The van der Waals surface area contributed by atoms with Crippen molar-refractivity contribution >= 4 is 65.0 Å². The van der Waals surface area contributed by atoms with Crippen molar-refractivity contribution in [3.8, 4) is 33.4 Å². The van der Waals surface area contributed by atoms with Gasteiger partial charge in [-0.1, -0.05) is 146 Å². The van der Waals surface area contributed by atoms with E-state index in [9.17, 15) is 0 Å². The molecule has 10 rings (SSSR count). The number of fused-ring (bicyclic) bond motifs is 7. The molecule has 218 valence electrons. The van der Waals surface area contributed by atoms with E-state index in [-0.39, 0.29) is 0 Å². The molecule has 9 aromatic carbocycles. The molecule has 1 heteroatoms. The number of hydrogen-bond donors (Lipinski definition) is 0. The highest BCUT2D eigenvalue weighted by molar-refractivity contribution is 6.22. The highest BCUT2D eigenvalue weighted by Crippen LogP contribution is 2.45. The van der Waals surface area contributed by atoms with Crippen LogP contribution in [-0.4, -0.2) is 0 Å². The van der Waals surface area contributed by atoms with E-state index in [2.05, 4.69) is 170 Å². The molecule has 0 N–H and O–H groups in total. The van der Waals surface area contributed by atoms with Crippen LogP contribution in [0, 0.1) is 0 Å². The second kappa shape index (κ2) is 10.2. The van der Waals surface area contributed by atoms with Crippen molar-refractivity contribution in [2.75, 3.05) is 0 Å². The Morgan fingerprint density at radius 2 is 0.766 bits per heavy atom. The van der Waals surface area contributed by atoms with Gasteiger partial charge in [0, 0.05) is 10.8 Å². The van der Waals surface area contributed by atoms with Crippen LogP contribution in [0.15, 0.2) is 174 Å². The molecule has 0 aliphatic heterocycles. The lowest BCUT2D eigenvalue weighted by Crippen LogP contribution is -1.91. The van der Waals surface area contributed by atoms with Gasteiger partial charge in [0.25, 0.3) is 0 Å². The molecule has 0 saturated heterocycles. The SMILES string of the molecule is c1ccc2cc3c(cc2c1)oc1ccc(-c2c4ccccc4c(-c4ccc(-c5cccc6ccccc56)cc4)c4ccccc24)cc13. The van der Waals surface area contributed by atoms with Gasteiger partial charge in [-0.2, -0.15) is 0 Å². The maximum atomic E-state index is 6.37. The van der Waals surface area contributed by atoms with E-state index in [1.54, 1.807) is 0 Å². The molecular weight excluding hydrogens is 569 g/mol. The second-order valence-corrected chi connectivity index (χ2v) is 12.5. The van der Waals surface area contributed by atoms with Gasteiger partial charge in [0.1, 0.15) is 11.2 Å². The minimum Gasteiger partial charge on any atom is -0.456 e. The fraction of sp³-hybridized carbons (Fsp3) is 0. The standard InChI is InChI=1S/C46H28O/c1-2-12-33-28-44-42(26-32(33)11-1)41-27-34(24-25-43(41)47-44)46-39-17-7-5-15-37(39)45(38-16-6-8-18-40(38)46)31-22-20-30(21-23-31)36-19-9-13-29-10-3-4-14-35(29)36/h1-28H. The lowest BCUT2D eigenvalue weighted by Gasteiger charge is -2.18. The maximum absolute atomic E-state index is 6.37. The summed E-state index contributed by atoms with van der Waals surface area (Å²) in [6.07, 6.45) is 0. The minimum atomic E-state index is 0.913. The third kappa shape index (κ3) is 4.03. The first-order valence-corrected chi connectivity index (χ1v) is 16.2. The molecular formula is C46H28O. The first-order valence-electron chi connectivity index (χ1n) is 16.2. The molecule has 1 heterocycles. The monoisotopic (exact) mass is 596 g/mol. The number of benzene rings is 9. The summed E-state index contributed by atoms with van der Waals surface area (Å²) in [5, 5.41) is 12.2. The van der Waals surface area contributed by atoms with Gasteiger partial charge in [-0.3, -0.25) is 0 Å². The molecule has 0 aliphatic rings. The van der Waals surface area contributed by atoms with Crippen molar-refractivity contribution in [3.63, 3.8) is 0 Å². The van der Waals surface area contributed by atoms with Crippen LogP contribution in [0.1, 0.15) is 0 Å². The van der Waals surface area contributed by atoms with E-state index in [1.807, 2.05) is 0 Å². The van der Waals surface area contributed by atoms with E-state index in [4.69, 9.17) is 4.42 Å². The van der Waals surface area contributed by atoms with E-state index < -0.39 is 0 Å². The Balaban J connectivity index is 1.19. The van der Waals surface area contributed by atoms with Crippen LogP contribution >= 0.6 is 0 Å². The topological polar surface area (TPSA) is 13.1 Å². The zero-order chi connectivity index (χ0) is 30.9. The first-order chi connectivity index (χ1) is 23.3. The molecule has 0 bridgehead atoms. The molecule has 0 spiro atoms. The highest BCUT2D eigenvalue weighted by atomic mass is 16.3. The smallest absolute Gasteiger partial charge is 0.136 e. The second-order valence-electron chi connectivity index (χ2n) is 12.5. The van der Waals surface area contributed by atoms with Gasteiger partial charge in [0.2, 0.25) is 0 Å². The van der Waals surface area contributed by atoms with Gasteiger partial charge < -0.3 is 4.42 Å². The van der Waals surface area contributed by atoms with Crippen molar-refractivity contribution in [3.05, 3.63) is 170 Å². The molecule has 0 fully saturated rings. The Kier molecular flexibility index (Phi) is 5.64. The average Bonchev–Trinajstić information content (AvgIpc) is 3.49. The van der Waals surface area contributed by atoms with Gasteiger partial charge in [-0.05, 0) is 101 Å². The van der Waals surface area contributed by atoms with E-state index >= 15 is 0 Å². The van der Waals surface area contributed by atoms with Gasteiger partial charge in [0.15, 0.2) is 0 Å². The third-order valence-electron chi connectivity index (χ3n) is 9.83. The van der Waals surface area contributed by atoms with Gasteiger partial charge in [-0.25, -0.2) is 0 Å². The number of furan rings is 1. The summed E-state index contributed by atoms with van der Waals surface area (Å²) in [7, 11) is 0. The molecule has 0 amide bonds. The molecule has 0 atom stereocenters. The Morgan fingerprint density at radius 1 is 0.277 bits per heavy atom. The summed E-state index contributed by atoms with van der Waals surface area (Å²) < 4.78 is 6.37.